The molecule has 1 unspecified atom stereocenters. The fourth-order valence-electron chi connectivity index (χ4n) is 0. The van der Waals surface area contributed by atoms with Gasteiger partial charge in [0.05, 0.1) is 0 Å². The van der Waals surface area contributed by atoms with Crippen molar-refractivity contribution >= 4 is 27.5 Å². The normalized spacial score (nSPS) is 20.0. The van der Waals surface area contributed by atoms with Crippen molar-refractivity contribution in [3.8, 4) is 0 Å². The van der Waals surface area contributed by atoms with Crippen LogP contribution in [0.4, 0.5) is 4.39 Å². The Morgan fingerprint density at radius 2 is 2.17 bits per heavy atom. The van der Waals surface area contributed by atoms with Crippen molar-refractivity contribution in [1.82, 2.24) is 0 Å². The maximum atomic E-state index is 11.6. The van der Waals surface area contributed by atoms with Gasteiger partial charge in [-0.25, -0.2) is 4.39 Å². The van der Waals surface area contributed by atoms with Gasteiger partial charge < -0.3 is 5.11 Å². The van der Waals surface area contributed by atoms with Crippen molar-refractivity contribution in [3.05, 3.63) is 0 Å². The van der Waals surface area contributed by atoms with E-state index in [1.807, 2.05) is 0 Å². The third-order valence-electron chi connectivity index (χ3n) is 0.179. The van der Waals surface area contributed by atoms with E-state index in [2.05, 4.69) is 15.9 Å². The molecule has 0 aliphatic heterocycles. The quantitative estimate of drug-likeness (QED) is 0.598. The summed E-state index contributed by atoms with van der Waals surface area (Å²) in [5.41, 5.74) is 0. The predicted octanol–water partition coefficient (Wildman–Crippen LogP) is 1.24. The van der Waals surface area contributed by atoms with E-state index < -0.39 is 10.6 Å². The molecule has 0 amide bonds. The van der Waals surface area contributed by atoms with Crippen molar-refractivity contribution in [3.63, 3.8) is 0 Å². The maximum absolute atomic E-state index is 11.6. The Labute approximate surface area is 48.2 Å². The van der Waals surface area contributed by atoms with Gasteiger partial charge in [-0.05, 0) is 15.9 Å². The molecule has 1 nitrogen and oxygen atoms in total. The average molecular weight is 177 g/mol. The van der Waals surface area contributed by atoms with Crippen LogP contribution in [0.15, 0.2) is 0 Å². The number of rotatable bonds is 1. The number of hydrogen-bond acceptors (Lipinski definition) is 1. The zero-order valence-corrected chi connectivity index (χ0v) is 5.13. The lowest BCUT2D eigenvalue weighted by Crippen LogP contribution is -2.07. The van der Waals surface area contributed by atoms with Crippen molar-refractivity contribution in [2.75, 3.05) is 6.61 Å². The van der Waals surface area contributed by atoms with E-state index in [1.165, 1.54) is 0 Å². The standard InChI is InChI=1S/C2H3BrClFO/c3-2(4,5)1-6/h6H,1H2. The Morgan fingerprint density at radius 1 is 2.00 bits per heavy atom. The fraction of sp³-hybridized carbons (Fsp3) is 1.00. The van der Waals surface area contributed by atoms with E-state index in [0.29, 0.717) is 0 Å². The third kappa shape index (κ3) is 4.66. The summed E-state index contributed by atoms with van der Waals surface area (Å²) >= 11 is 7.04. The van der Waals surface area contributed by atoms with Crippen LogP contribution < -0.4 is 0 Å². The SMILES string of the molecule is OCC(F)(Cl)Br. The second-order valence-electron chi connectivity index (χ2n) is 0.773. The largest absolute Gasteiger partial charge is 0.391 e. The second kappa shape index (κ2) is 2.09. The van der Waals surface area contributed by atoms with Crippen molar-refractivity contribution in [1.29, 1.82) is 0 Å². The highest BCUT2D eigenvalue weighted by Crippen LogP contribution is 2.22. The Hall–Kier alpha value is 0.660. The molecule has 1 atom stereocenters. The average Bonchev–Trinajstić information content (AvgIpc) is 1.35. The monoisotopic (exact) mass is 176 g/mol. The van der Waals surface area contributed by atoms with Gasteiger partial charge in [0, 0.05) is 0 Å². The van der Waals surface area contributed by atoms with Gasteiger partial charge >= 0.3 is 0 Å². The van der Waals surface area contributed by atoms with Crippen LogP contribution in [-0.2, 0) is 0 Å². The van der Waals surface area contributed by atoms with Crippen LogP contribution in [0.1, 0.15) is 0 Å². The Kier molecular flexibility index (Phi) is 2.33. The highest BCUT2D eigenvalue weighted by molar-refractivity contribution is 9.10. The number of hydrogen-bond donors (Lipinski definition) is 1. The molecule has 0 heterocycles. The number of alkyl halides is 3. The van der Waals surface area contributed by atoms with Gasteiger partial charge in [0.2, 0.25) is 0 Å². The van der Waals surface area contributed by atoms with Crippen LogP contribution in [-0.4, -0.2) is 15.8 Å². The molecule has 0 saturated heterocycles. The second-order valence-corrected chi connectivity index (χ2v) is 3.09. The zero-order valence-electron chi connectivity index (χ0n) is 2.79. The van der Waals surface area contributed by atoms with Crippen LogP contribution in [0.25, 0.3) is 0 Å². The van der Waals surface area contributed by atoms with Crippen molar-refractivity contribution < 1.29 is 9.50 Å². The predicted molar refractivity (Wildman–Crippen MR) is 25.7 cm³/mol. The van der Waals surface area contributed by atoms with Crippen LogP contribution in [0.2, 0.25) is 0 Å². The van der Waals surface area contributed by atoms with Crippen LogP contribution >= 0.6 is 27.5 Å². The van der Waals surface area contributed by atoms with Crippen LogP contribution in [0.3, 0.4) is 0 Å². The molecule has 0 bridgehead atoms. The van der Waals surface area contributed by atoms with Crippen LogP contribution in [0, 0.1) is 0 Å². The number of halogens is 3. The smallest absolute Gasteiger partial charge is 0.260 e. The van der Waals surface area contributed by atoms with Gasteiger partial charge in [-0.2, -0.15) is 0 Å². The topological polar surface area (TPSA) is 20.2 Å². The summed E-state index contributed by atoms with van der Waals surface area (Å²) in [7, 11) is 0. The third-order valence-corrected chi connectivity index (χ3v) is 0.550. The minimum absolute atomic E-state index is 0.714. The Balaban J connectivity index is 3.17. The van der Waals surface area contributed by atoms with Gasteiger partial charge in [0.25, 0.3) is 4.04 Å². The summed E-state index contributed by atoms with van der Waals surface area (Å²) in [4.78, 5) is 0. The van der Waals surface area contributed by atoms with E-state index in [0.717, 1.165) is 0 Å². The molecule has 0 aliphatic rings. The summed E-state index contributed by atoms with van der Waals surface area (Å²) in [5.74, 6) is 0. The summed E-state index contributed by atoms with van der Waals surface area (Å²) in [5, 5.41) is 7.85. The molecule has 0 fully saturated rings. The van der Waals surface area contributed by atoms with E-state index >= 15 is 0 Å². The van der Waals surface area contributed by atoms with Gasteiger partial charge in [-0.15, -0.1) is 0 Å². The Bertz CT molecular complexity index is 43.3. The molecule has 4 heteroatoms. The highest BCUT2D eigenvalue weighted by atomic mass is 79.9. The first kappa shape index (κ1) is 6.66. The van der Waals surface area contributed by atoms with E-state index in [1.54, 1.807) is 0 Å². The van der Waals surface area contributed by atoms with Crippen molar-refractivity contribution in [2.24, 2.45) is 0 Å². The molecule has 6 heavy (non-hydrogen) atoms. The minimum atomic E-state index is -2.12. The number of aliphatic hydroxyl groups excluding tert-OH is 1. The lowest BCUT2D eigenvalue weighted by atomic mass is 10.8. The van der Waals surface area contributed by atoms with Crippen LogP contribution in [0.5, 0.6) is 0 Å². The summed E-state index contributed by atoms with van der Waals surface area (Å²) in [6.45, 7) is -0.714. The molecular formula is C2H3BrClFO. The molecule has 1 N–H and O–H groups in total. The molecule has 0 saturated carbocycles. The molecular weight excluding hydrogens is 174 g/mol. The van der Waals surface area contributed by atoms with Gasteiger partial charge in [-0.1, -0.05) is 11.6 Å². The lowest BCUT2D eigenvalue weighted by Gasteiger charge is -2.00. The molecule has 0 aliphatic carbocycles. The zero-order chi connectivity index (χ0) is 5.21. The van der Waals surface area contributed by atoms with E-state index in [4.69, 9.17) is 16.7 Å². The number of aliphatic hydroxyl groups is 1. The lowest BCUT2D eigenvalue weighted by molar-refractivity contribution is 0.213. The first-order valence-electron chi connectivity index (χ1n) is 1.24. The molecule has 0 spiro atoms. The molecule has 0 rings (SSSR count). The van der Waals surface area contributed by atoms with E-state index in [-0.39, 0.29) is 0 Å². The molecule has 0 aromatic carbocycles. The highest BCUT2D eigenvalue weighted by Gasteiger charge is 2.18. The molecule has 38 valence electrons. The van der Waals surface area contributed by atoms with E-state index in [9.17, 15) is 4.39 Å². The first-order chi connectivity index (χ1) is 2.56. The summed E-state index contributed by atoms with van der Waals surface area (Å²) in [6.07, 6.45) is 0. The fourth-order valence-corrected chi connectivity index (χ4v) is 0. The molecule has 0 aromatic rings. The van der Waals surface area contributed by atoms with Gasteiger partial charge in [0.15, 0.2) is 0 Å². The Morgan fingerprint density at radius 3 is 2.17 bits per heavy atom. The first-order valence-corrected chi connectivity index (χ1v) is 2.41. The minimum Gasteiger partial charge on any atom is -0.391 e. The summed E-state index contributed by atoms with van der Waals surface area (Å²) < 4.78 is 9.43. The molecule has 0 aromatic heterocycles. The van der Waals surface area contributed by atoms with Gasteiger partial charge in [-0.3, -0.25) is 0 Å². The summed E-state index contributed by atoms with van der Waals surface area (Å²) in [6, 6.07) is 0. The van der Waals surface area contributed by atoms with Gasteiger partial charge in [0.1, 0.15) is 6.61 Å². The molecule has 0 radical (unpaired) electrons. The maximum Gasteiger partial charge on any atom is 0.260 e. The van der Waals surface area contributed by atoms with Crippen molar-refractivity contribution in [2.45, 2.75) is 4.04 Å².